The van der Waals surface area contributed by atoms with Crippen LogP contribution in [0, 0.1) is 29.1 Å². The predicted molar refractivity (Wildman–Crippen MR) is 116 cm³/mol. The molecule has 0 aliphatic carbocycles. The van der Waals surface area contributed by atoms with E-state index in [-0.39, 0.29) is 5.56 Å². The molecule has 0 saturated heterocycles. The van der Waals surface area contributed by atoms with Crippen LogP contribution in [0.15, 0.2) is 48.5 Å². The minimum Gasteiger partial charge on any atom is -0.423 e. The molecule has 172 valence electrons. The van der Waals surface area contributed by atoms with E-state index in [2.05, 4.69) is 11.7 Å². The van der Waals surface area contributed by atoms with Crippen molar-refractivity contribution < 1.29 is 31.5 Å². The lowest BCUT2D eigenvalue weighted by Crippen LogP contribution is -2.14. The highest BCUT2D eigenvalue weighted by Gasteiger charge is 2.22. The summed E-state index contributed by atoms with van der Waals surface area (Å²) in [6.07, 6.45) is 7.57. The van der Waals surface area contributed by atoms with Crippen LogP contribution in [0.1, 0.15) is 53.2 Å². The third-order valence-corrected chi connectivity index (χ3v) is 4.95. The molecule has 0 aliphatic rings. The third kappa shape index (κ3) is 6.28. The number of carbonyl (C=O) groups excluding carboxylic acids is 1. The normalized spacial score (nSPS) is 11.2. The molecule has 33 heavy (non-hydrogen) atoms. The number of hydrogen-bond donors (Lipinski definition) is 0. The van der Waals surface area contributed by atoms with Gasteiger partial charge in [0, 0.05) is 12.1 Å². The Hall–Kier alpha value is -3.48. The van der Waals surface area contributed by atoms with Crippen molar-refractivity contribution in [2.24, 2.45) is 0 Å². The first-order valence-corrected chi connectivity index (χ1v) is 10.4. The van der Waals surface area contributed by atoms with Crippen molar-refractivity contribution >= 4 is 18.1 Å². The van der Waals surface area contributed by atoms with E-state index in [1.54, 1.807) is 6.08 Å². The van der Waals surface area contributed by atoms with Gasteiger partial charge in [-0.2, -0.15) is 0 Å². The van der Waals surface area contributed by atoms with Gasteiger partial charge < -0.3 is 4.74 Å². The summed E-state index contributed by atoms with van der Waals surface area (Å²) in [6, 6.07) is 10.5. The fourth-order valence-corrected chi connectivity index (χ4v) is 3.20. The second-order valence-corrected chi connectivity index (χ2v) is 7.48. The topological polar surface area (TPSA) is 26.3 Å². The van der Waals surface area contributed by atoms with Gasteiger partial charge in [0.1, 0.15) is 22.9 Å². The van der Waals surface area contributed by atoms with E-state index >= 15 is 0 Å². The SMILES string of the molecule is CCCCCc1ccc(C=Cc2cc(F)c(C(=O)Oc3cc(F)c(F)c(F)c3)c(F)c2)cc1. The predicted octanol–water partition coefficient (Wildman–Crippen LogP) is 7.50. The number of carbonyl (C=O) groups is 1. The minimum absolute atomic E-state index is 0.160. The lowest BCUT2D eigenvalue weighted by atomic mass is 10.0. The third-order valence-electron chi connectivity index (χ3n) is 4.95. The van der Waals surface area contributed by atoms with Crippen molar-refractivity contribution in [3.8, 4) is 5.75 Å². The molecule has 0 bridgehead atoms. The first-order chi connectivity index (χ1) is 15.8. The molecule has 0 fully saturated rings. The van der Waals surface area contributed by atoms with E-state index in [4.69, 9.17) is 0 Å². The molecule has 0 heterocycles. The number of rotatable bonds is 8. The standard InChI is InChI=1S/C26H21F5O2/c1-2-3-4-5-16-6-8-17(9-7-16)10-11-18-12-20(27)24(21(28)13-18)26(32)33-19-14-22(29)25(31)23(30)15-19/h6-15H,2-5H2,1H3. The van der Waals surface area contributed by atoms with Crippen molar-refractivity contribution in [1.82, 2.24) is 0 Å². The van der Waals surface area contributed by atoms with E-state index < -0.39 is 46.4 Å². The van der Waals surface area contributed by atoms with Crippen molar-refractivity contribution in [2.75, 3.05) is 0 Å². The maximum absolute atomic E-state index is 14.4. The molecule has 0 unspecified atom stereocenters. The van der Waals surface area contributed by atoms with E-state index in [9.17, 15) is 26.7 Å². The van der Waals surface area contributed by atoms with Gasteiger partial charge in [0.05, 0.1) is 0 Å². The molecule has 3 aromatic rings. The summed E-state index contributed by atoms with van der Waals surface area (Å²) in [6.45, 7) is 2.14. The number of aryl methyl sites for hydroxylation is 1. The molecule has 0 N–H and O–H groups in total. The fraction of sp³-hybridized carbons (Fsp3) is 0.192. The molecule has 0 aliphatic heterocycles. The van der Waals surface area contributed by atoms with Crippen LogP contribution in [0.3, 0.4) is 0 Å². The van der Waals surface area contributed by atoms with Crippen LogP contribution in [0.5, 0.6) is 5.75 Å². The van der Waals surface area contributed by atoms with Gasteiger partial charge in [-0.3, -0.25) is 0 Å². The molecular formula is C26H21F5O2. The van der Waals surface area contributed by atoms with E-state index in [1.807, 2.05) is 24.3 Å². The first kappa shape index (κ1) is 24.2. The highest BCUT2D eigenvalue weighted by molar-refractivity contribution is 5.92. The molecule has 7 heteroatoms. The zero-order valence-electron chi connectivity index (χ0n) is 17.8. The molecule has 0 radical (unpaired) electrons. The average molecular weight is 460 g/mol. The van der Waals surface area contributed by atoms with Crippen molar-refractivity contribution in [3.05, 3.63) is 99.9 Å². The van der Waals surface area contributed by atoms with Gasteiger partial charge >= 0.3 is 5.97 Å². The largest absolute Gasteiger partial charge is 0.423 e. The molecule has 2 nitrogen and oxygen atoms in total. The van der Waals surface area contributed by atoms with Gasteiger partial charge in [0.2, 0.25) is 0 Å². The molecule has 0 aromatic heterocycles. The first-order valence-electron chi connectivity index (χ1n) is 10.4. The molecule has 0 atom stereocenters. The Bertz CT molecular complexity index is 1120. The Morgan fingerprint density at radius 1 is 0.788 bits per heavy atom. The summed E-state index contributed by atoms with van der Waals surface area (Å²) in [7, 11) is 0. The molecule has 0 spiro atoms. The Morgan fingerprint density at radius 3 is 1.94 bits per heavy atom. The molecule has 0 saturated carbocycles. The molecular weight excluding hydrogens is 439 g/mol. The van der Waals surface area contributed by atoms with Crippen LogP contribution in [-0.2, 0) is 6.42 Å². The van der Waals surface area contributed by atoms with Crippen LogP contribution < -0.4 is 4.74 Å². The summed E-state index contributed by atoms with van der Waals surface area (Å²) in [5.74, 6) is -9.62. The maximum atomic E-state index is 14.4. The van der Waals surface area contributed by atoms with Gasteiger partial charge in [0.15, 0.2) is 17.5 Å². The summed E-state index contributed by atoms with van der Waals surface area (Å²) >= 11 is 0. The molecule has 3 rings (SSSR count). The van der Waals surface area contributed by atoms with Crippen LogP contribution in [0.4, 0.5) is 22.0 Å². The number of benzene rings is 3. The fourth-order valence-electron chi connectivity index (χ4n) is 3.20. The van der Waals surface area contributed by atoms with Gasteiger partial charge in [-0.15, -0.1) is 0 Å². The van der Waals surface area contributed by atoms with Gasteiger partial charge in [-0.1, -0.05) is 56.2 Å². The number of hydrogen-bond acceptors (Lipinski definition) is 2. The number of ether oxygens (including phenoxy) is 1. The highest BCUT2D eigenvalue weighted by atomic mass is 19.2. The average Bonchev–Trinajstić information content (AvgIpc) is 2.76. The Morgan fingerprint density at radius 2 is 1.36 bits per heavy atom. The van der Waals surface area contributed by atoms with E-state index in [1.165, 1.54) is 18.1 Å². The lowest BCUT2D eigenvalue weighted by Gasteiger charge is -2.08. The van der Waals surface area contributed by atoms with Crippen LogP contribution in [-0.4, -0.2) is 5.97 Å². The Labute approximate surface area is 188 Å². The Balaban J connectivity index is 1.72. The smallest absolute Gasteiger partial charge is 0.349 e. The number of unbranched alkanes of at least 4 members (excludes halogenated alkanes) is 2. The van der Waals surface area contributed by atoms with Crippen molar-refractivity contribution in [3.63, 3.8) is 0 Å². The molecule has 3 aromatic carbocycles. The summed E-state index contributed by atoms with van der Waals surface area (Å²) in [5.41, 5.74) is 1.17. The monoisotopic (exact) mass is 460 g/mol. The highest BCUT2D eigenvalue weighted by Crippen LogP contribution is 2.23. The van der Waals surface area contributed by atoms with Crippen LogP contribution >= 0.6 is 0 Å². The van der Waals surface area contributed by atoms with E-state index in [0.717, 1.165) is 37.0 Å². The van der Waals surface area contributed by atoms with Crippen LogP contribution in [0.25, 0.3) is 12.2 Å². The van der Waals surface area contributed by atoms with Gasteiger partial charge in [-0.05, 0) is 41.7 Å². The zero-order valence-corrected chi connectivity index (χ0v) is 17.8. The second kappa shape index (κ2) is 10.9. The summed E-state index contributed by atoms with van der Waals surface area (Å²) in [4.78, 5) is 12.1. The molecule has 0 amide bonds. The minimum atomic E-state index is -1.76. The van der Waals surface area contributed by atoms with Crippen molar-refractivity contribution in [1.29, 1.82) is 0 Å². The van der Waals surface area contributed by atoms with Crippen LogP contribution in [0.2, 0.25) is 0 Å². The number of halogens is 5. The number of esters is 1. The Kier molecular flexibility index (Phi) is 7.98. The maximum Gasteiger partial charge on any atom is 0.349 e. The second-order valence-electron chi connectivity index (χ2n) is 7.48. The summed E-state index contributed by atoms with van der Waals surface area (Å²) in [5, 5.41) is 0. The van der Waals surface area contributed by atoms with Gasteiger partial charge in [0.25, 0.3) is 0 Å². The van der Waals surface area contributed by atoms with Gasteiger partial charge in [-0.25, -0.2) is 26.7 Å². The quantitative estimate of drug-likeness (QED) is 0.0869. The van der Waals surface area contributed by atoms with Crippen molar-refractivity contribution in [2.45, 2.75) is 32.6 Å². The zero-order chi connectivity index (χ0) is 24.0. The van der Waals surface area contributed by atoms with E-state index in [0.29, 0.717) is 12.1 Å². The lowest BCUT2D eigenvalue weighted by molar-refractivity contribution is 0.0723. The summed E-state index contributed by atoms with van der Waals surface area (Å²) < 4.78 is 73.0.